The summed E-state index contributed by atoms with van der Waals surface area (Å²) in [6.07, 6.45) is 1.98. The predicted molar refractivity (Wildman–Crippen MR) is 42.0 cm³/mol. The van der Waals surface area contributed by atoms with E-state index >= 15 is 0 Å². The highest BCUT2D eigenvalue weighted by molar-refractivity contribution is 9.13. The molecule has 0 N–H and O–H groups in total. The third kappa shape index (κ3) is 1.19. The van der Waals surface area contributed by atoms with E-state index in [2.05, 4.69) is 31.9 Å². The van der Waals surface area contributed by atoms with Gasteiger partial charge in [-0.1, -0.05) is 0 Å². The first-order valence-corrected chi connectivity index (χ1v) is 4.07. The van der Waals surface area contributed by atoms with Crippen LogP contribution in [0.4, 0.5) is 0 Å². The third-order valence-electron chi connectivity index (χ3n) is 1.14. The predicted octanol–water partition coefficient (Wildman–Crippen LogP) is 1.37. The van der Waals surface area contributed by atoms with Crippen LogP contribution in [0, 0.1) is 0 Å². The monoisotopic (exact) mass is 253 g/mol. The van der Waals surface area contributed by atoms with E-state index in [1.165, 1.54) is 0 Å². The minimum atomic E-state index is 1.06. The van der Waals surface area contributed by atoms with Gasteiger partial charge in [-0.05, 0) is 0 Å². The molecule has 1 aromatic rings. The van der Waals surface area contributed by atoms with Gasteiger partial charge in [0.15, 0.2) is 0 Å². The summed E-state index contributed by atoms with van der Waals surface area (Å²) in [6, 6.07) is 0. The highest BCUT2D eigenvalue weighted by atomic mass is 79.9. The number of imidazole rings is 1. The second kappa shape index (κ2) is 2.42. The van der Waals surface area contributed by atoms with Crippen LogP contribution < -0.4 is 4.57 Å². The maximum Gasteiger partial charge on any atom is 0.245 e. The largest absolute Gasteiger partial charge is 0.245 e. The van der Waals surface area contributed by atoms with E-state index in [1.807, 2.05) is 29.6 Å². The van der Waals surface area contributed by atoms with Crippen molar-refractivity contribution in [2.24, 2.45) is 14.1 Å². The Labute approximate surface area is 70.7 Å². The lowest BCUT2D eigenvalue weighted by atomic mass is 10.9. The second-order valence-electron chi connectivity index (χ2n) is 1.92. The van der Waals surface area contributed by atoms with Crippen molar-refractivity contribution in [1.82, 2.24) is 4.57 Å². The van der Waals surface area contributed by atoms with Crippen molar-refractivity contribution in [3.63, 3.8) is 0 Å². The number of hydrogen-bond donors (Lipinski definition) is 0. The zero-order valence-electron chi connectivity index (χ0n) is 5.23. The first-order valence-electron chi connectivity index (χ1n) is 2.49. The van der Waals surface area contributed by atoms with E-state index in [1.54, 1.807) is 0 Å². The molecule has 0 saturated heterocycles. The third-order valence-corrected chi connectivity index (χ3v) is 3.54. The summed E-state index contributed by atoms with van der Waals surface area (Å²) in [4.78, 5) is 0. The summed E-state index contributed by atoms with van der Waals surface area (Å²) in [6.45, 7) is 0. The second-order valence-corrected chi connectivity index (χ2v) is 3.42. The van der Waals surface area contributed by atoms with Gasteiger partial charge in [-0.25, -0.2) is 9.13 Å². The van der Waals surface area contributed by atoms with Crippen LogP contribution in [0.5, 0.6) is 0 Å². The zero-order chi connectivity index (χ0) is 7.02. The van der Waals surface area contributed by atoms with Gasteiger partial charge in [-0.15, -0.1) is 0 Å². The average molecular weight is 255 g/mol. The fourth-order valence-electron chi connectivity index (χ4n) is 0.652. The van der Waals surface area contributed by atoms with Gasteiger partial charge in [0.05, 0.1) is 14.1 Å². The maximum absolute atomic E-state index is 3.40. The van der Waals surface area contributed by atoms with E-state index in [0.717, 1.165) is 9.21 Å². The summed E-state index contributed by atoms with van der Waals surface area (Å²) in [7, 11) is 3.96. The molecule has 0 aliphatic heterocycles. The summed E-state index contributed by atoms with van der Waals surface area (Å²) in [5.74, 6) is 0. The molecule has 1 rings (SSSR count). The minimum absolute atomic E-state index is 1.06. The highest BCUT2D eigenvalue weighted by Crippen LogP contribution is 2.17. The van der Waals surface area contributed by atoms with Crippen molar-refractivity contribution in [3.05, 3.63) is 15.5 Å². The number of nitrogens with zero attached hydrogens (tertiary/aromatic N) is 2. The molecule has 0 aliphatic carbocycles. The topological polar surface area (TPSA) is 8.81 Å². The molecule has 0 atom stereocenters. The van der Waals surface area contributed by atoms with Crippen molar-refractivity contribution < 1.29 is 4.57 Å². The first-order chi connectivity index (χ1) is 4.13. The molecule has 0 aliphatic rings. The van der Waals surface area contributed by atoms with Crippen molar-refractivity contribution in [2.45, 2.75) is 0 Å². The Morgan fingerprint density at radius 2 is 2.11 bits per heavy atom. The molecule has 2 nitrogen and oxygen atoms in total. The zero-order valence-corrected chi connectivity index (χ0v) is 8.40. The molecule has 1 aromatic heterocycles. The molecule has 0 aromatic carbocycles. The van der Waals surface area contributed by atoms with Gasteiger partial charge in [-0.2, -0.15) is 0 Å². The number of halogens is 2. The molecular weight excluding hydrogens is 248 g/mol. The Morgan fingerprint density at radius 1 is 1.56 bits per heavy atom. The summed E-state index contributed by atoms with van der Waals surface area (Å²) in [5, 5.41) is 0. The molecule has 0 radical (unpaired) electrons. The van der Waals surface area contributed by atoms with E-state index in [4.69, 9.17) is 0 Å². The van der Waals surface area contributed by atoms with Gasteiger partial charge in [0.1, 0.15) is 0 Å². The van der Waals surface area contributed by atoms with Crippen LogP contribution in [-0.2, 0) is 14.1 Å². The lowest BCUT2D eigenvalue weighted by Gasteiger charge is -1.79. The van der Waals surface area contributed by atoms with Crippen molar-refractivity contribution >= 4 is 31.9 Å². The van der Waals surface area contributed by atoms with Gasteiger partial charge in [0.2, 0.25) is 15.5 Å². The number of rotatable bonds is 0. The molecular formula is C5H7Br2N2+. The molecule has 1 heterocycles. The van der Waals surface area contributed by atoms with Crippen LogP contribution in [0.2, 0.25) is 0 Å². The molecule has 0 unspecified atom stereocenters. The van der Waals surface area contributed by atoms with E-state index in [9.17, 15) is 0 Å². The number of hydrogen-bond acceptors (Lipinski definition) is 0. The van der Waals surface area contributed by atoms with Crippen molar-refractivity contribution in [2.75, 3.05) is 0 Å². The Morgan fingerprint density at radius 3 is 2.22 bits per heavy atom. The molecule has 9 heavy (non-hydrogen) atoms. The number of aryl methyl sites for hydroxylation is 2. The Balaban J connectivity index is 3.29. The molecule has 50 valence electrons. The van der Waals surface area contributed by atoms with Gasteiger partial charge in [-0.3, -0.25) is 0 Å². The van der Waals surface area contributed by atoms with E-state index < -0.39 is 0 Å². The van der Waals surface area contributed by atoms with E-state index in [0.29, 0.717) is 0 Å². The minimum Gasteiger partial charge on any atom is -0.226 e. The standard InChI is InChI=1S/C5H7Br2N2/c1-8-3-9(2)5(7)4(8)6/h3H,1-2H3/q+1. The first kappa shape index (κ1) is 7.28. The average Bonchev–Trinajstić information content (AvgIpc) is 1.98. The summed E-state index contributed by atoms with van der Waals surface area (Å²) >= 11 is 6.79. The van der Waals surface area contributed by atoms with Gasteiger partial charge in [0.25, 0.3) is 0 Å². The van der Waals surface area contributed by atoms with Crippen LogP contribution in [-0.4, -0.2) is 4.57 Å². The fraction of sp³-hybridized carbons (Fsp3) is 0.400. The summed E-state index contributed by atoms with van der Waals surface area (Å²) < 4.78 is 6.10. The van der Waals surface area contributed by atoms with Gasteiger partial charge >= 0.3 is 0 Å². The SMILES string of the molecule is Cn1c[n+](C)c(Br)c1Br. The molecule has 0 saturated carbocycles. The van der Waals surface area contributed by atoms with Gasteiger partial charge < -0.3 is 0 Å². The smallest absolute Gasteiger partial charge is 0.226 e. The molecule has 0 bridgehead atoms. The van der Waals surface area contributed by atoms with Crippen LogP contribution in [0.25, 0.3) is 0 Å². The lowest BCUT2D eigenvalue weighted by molar-refractivity contribution is -0.681. The number of aromatic nitrogens is 2. The van der Waals surface area contributed by atoms with Crippen LogP contribution in [0.3, 0.4) is 0 Å². The summed E-state index contributed by atoms with van der Waals surface area (Å²) in [5.41, 5.74) is 0. The van der Waals surface area contributed by atoms with E-state index in [-0.39, 0.29) is 0 Å². The Bertz CT molecular complexity index is 207. The Kier molecular flexibility index (Phi) is 1.96. The molecule has 0 amide bonds. The quantitative estimate of drug-likeness (QED) is 0.619. The normalized spacial score (nSPS) is 10.2. The van der Waals surface area contributed by atoms with Gasteiger partial charge in [0, 0.05) is 31.9 Å². The highest BCUT2D eigenvalue weighted by Gasteiger charge is 2.11. The van der Waals surface area contributed by atoms with Crippen LogP contribution in [0.1, 0.15) is 0 Å². The van der Waals surface area contributed by atoms with Crippen molar-refractivity contribution in [3.8, 4) is 0 Å². The molecule has 4 heteroatoms. The molecule has 0 spiro atoms. The fourth-order valence-corrected chi connectivity index (χ4v) is 1.39. The Hall–Kier alpha value is 0.170. The maximum atomic E-state index is 3.40. The van der Waals surface area contributed by atoms with Crippen molar-refractivity contribution in [1.29, 1.82) is 0 Å². The lowest BCUT2D eigenvalue weighted by Crippen LogP contribution is -2.26. The van der Waals surface area contributed by atoms with Crippen LogP contribution >= 0.6 is 31.9 Å². The van der Waals surface area contributed by atoms with Crippen LogP contribution in [0.15, 0.2) is 15.5 Å². The molecule has 0 fully saturated rings.